The SMILES string of the molecule is CC(=O)OC1CCC2(C)C3=C(C(OC(C)=O)C4OC42C1)C1CCC(C(C)CCCC(C)C)C1(C)CC3. The van der Waals surface area contributed by atoms with Gasteiger partial charge in [-0.2, -0.15) is 0 Å². The second-order valence-corrected chi connectivity index (χ2v) is 13.7. The van der Waals surface area contributed by atoms with Crippen molar-refractivity contribution >= 4 is 11.9 Å². The van der Waals surface area contributed by atoms with E-state index in [4.69, 9.17) is 14.2 Å². The van der Waals surface area contributed by atoms with Crippen molar-refractivity contribution in [1.82, 2.24) is 0 Å². The largest absolute Gasteiger partial charge is 0.462 e. The summed E-state index contributed by atoms with van der Waals surface area (Å²) in [4.78, 5) is 24.1. The van der Waals surface area contributed by atoms with Crippen molar-refractivity contribution in [1.29, 1.82) is 0 Å². The number of ether oxygens (including phenoxy) is 3. The van der Waals surface area contributed by atoms with Crippen molar-refractivity contribution in [2.75, 3.05) is 0 Å². The Hall–Kier alpha value is -1.36. The minimum absolute atomic E-state index is 0.0669. The Morgan fingerprint density at radius 1 is 1.00 bits per heavy atom. The van der Waals surface area contributed by atoms with Gasteiger partial charge in [-0.05, 0) is 73.2 Å². The molecular formula is C31H48O5. The highest BCUT2D eigenvalue weighted by Crippen LogP contribution is 2.72. The topological polar surface area (TPSA) is 65.1 Å². The first-order valence-corrected chi connectivity index (χ1v) is 14.7. The summed E-state index contributed by atoms with van der Waals surface area (Å²) in [5, 5.41) is 0. The quantitative estimate of drug-likeness (QED) is 0.219. The van der Waals surface area contributed by atoms with E-state index >= 15 is 0 Å². The molecule has 2 saturated carbocycles. The van der Waals surface area contributed by atoms with Crippen LogP contribution >= 0.6 is 0 Å². The highest BCUT2D eigenvalue weighted by atomic mass is 16.7. The molecule has 0 bridgehead atoms. The Kier molecular flexibility index (Phi) is 6.66. The number of epoxide rings is 1. The van der Waals surface area contributed by atoms with Gasteiger partial charge in [-0.25, -0.2) is 0 Å². The van der Waals surface area contributed by atoms with Crippen LogP contribution in [0.25, 0.3) is 0 Å². The Morgan fingerprint density at radius 2 is 1.72 bits per heavy atom. The molecule has 5 nitrogen and oxygen atoms in total. The highest BCUT2D eigenvalue weighted by Gasteiger charge is 2.77. The molecule has 1 aliphatic heterocycles. The third kappa shape index (κ3) is 3.98. The Balaban J connectivity index is 1.46. The molecule has 0 aromatic carbocycles. The monoisotopic (exact) mass is 500 g/mol. The maximum Gasteiger partial charge on any atom is 0.303 e. The van der Waals surface area contributed by atoms with Gasteiger partial charge < -0.3 is 14.2 Å². The van der Waals surface area contributed by atoms with Gasteiger partial charge >= 0.3 is 11.9 Å². The van der Waals surface area contributed by atoms with Crippen LogP contribution in [0.5, 0.6) is 0 Å². The number of esters is 2. The molecular weight excluding hydrogens is 452 g/mol. The van der Waals surface area contributed by atoms with Crippen molar-refractivity contribution in [2.45, 2.75) is 137 Å². The molecule has 0 radical (unpaired) electrons. The number of carbonyl (C=O) groups is 2. The average molecular weight is 501 g/mol. The Bertz CT molecular complexity index is 937. The first kappa shape index (κ1) is 26.3. The Morgan fingerprint density at radius 3 is 2.39 bits per heavy atom. The van der Waals surface area contributed by atoms with Crippen LogP contribution in [0.4, 0.5) is 0 Å². The smallest absolute Gasteiger partial charge is 0.303 e. The van der Waals surface area contributed by atoms with Crippen LogP contribution in [-0.2, 0) is 23.8 Å². The van der Waals surface area contributed by atoms with Crippen LogP contribution in [-0.4, -0.2) is 35.9 Å². The van der Waals surface area contributed by atoms with E-state index in [1.54, 1.807) is 0 Å². The van der Waals surface area contributed by atoms with Gasteiger partial charge in [0, 0.05) is 25.7 Å². The third-order valence-corrected chi connectivity index (χ3v) is 11.2. The number of hydrogen-bond donors (Lipinski definition) is 0. The van der Waals surface area contributed by atoms with Crippen LogP contribution in [0, 0.1) is 34.5 Å². The second kappa shape index (κ2) is 9.13. The fraction of sp³-hybridized carbons (Fsp3) is 0.871. The fourth-order valence-electron chi connectivity index (χ4n) is 9.47. The lowest BCUT2D eigenvalue weighted by atomic mass is 9.49. The van der Waals surface area contributed by atoms with Gasteiger partial charge in [-0.1, -0.05) is 59.5 Å². The van der Waals surface area contributed by atoms with Crippen molar-refractivity contribution in [2.24, 2.45) is 34.5 Å². The van der Waals surface area contributed by atoms with E-state index in [0.717, 1.165) is 37.0 Å². The number of fused-ring (bicyclic) bond motifs is 3. The molecule has 0 aromatic heterocycles. The van der Waals surface area contributed by atoms with E-state index in [2.05, 4.69) is 34.6 Å². The Labute approximate surface area is 218 Å². The van der Waals surface area contributed by atoms with Crippen LogP contribution in [0.15, 0.2) is 11.1 Å². The van der Waals surface area contributed by atoms with E-state index in [0.29, 0.717) is 12.3 Å². The standard InChI is InChI=1S/C31H48O5/c1-18(2)9-8-10-19(3)23-11-12-24-26-25(14-15-29(23,24)6)30(7)16-13-22(34-20(4)32)17-31(30)28(36-31)27(26)35-21(5)33/h18-19,22-24,27-28H,8-17H2,1-7H3. The maximum absolute atomic E-state index is 12.3. The highest BCUT2D eigenvalue weighted by molar-refractivity contribution is 5.67. The zero-order chi connectivity index (χ0) is 26.0. The number of carbonyl (C=O) groups excluding carboxylic acids is 2. The van der Waals surface area contributed by atoms with Crippen LogP contribution in [0.2, 0.25) is 0 Å². The molecule has 1 spiro atoms. The van der Waals surface area contributed by atoms with Crippen molar-refractivity contribution in [3.8, 4) is 0 Å². The molecule has 1 saturated heterocycles. The maximum atomic E-state index is 12.3. The predicted octanol–water partition coefficient (Wildman–Crippen LogP) is 6.78. The van der Waals surface area contributed by atoms with E-state index < -0.39 is 0 Å². The molecule has 9 unspecified atom stereocenters. The molecule has 5 heteroatoms. The minimum atomic E-state index is -0.375. The molecule has 202 valence electrons. The average Bonchev–Trinajstić information content (AvgIpc) is 3.39. The summed E-state index contributed by atoms with van der Waals surface area (Å²) in [6.07, 6.45) is 10.7. The molecule has 3 fully saturated rings. The summed E-state index contributed by atoms with van der Waals surface area (Å²) in [6, 6.07) is 0. The molecule has 4 aliphatic carbocycles. The van der Waals surface area contributed by atoms with Gasteiger partial charge in [0.2, 0.25) is 0 Å². The van der Waals surface area contributed by atoms with Gasteiger partial charge in [0.1, 0.15) is 17.8 Å². The van der Waals surface area contributed by atoms with E-state index in [-0.39, 0.29) is 46.7 Å². The lowest BCUT2D eigenvalue weighted by molar-refractivity contribution is -0.151. The normalized spacial score (nSPS) is 43.7. The van der Waals surface area contributed by atoms with Crippen LogP contribution < -0.4 is 0 Å². The lowest BCUT2D eigenvalue weighted by Gasteiger charge is -2.54. The molecule has 5 aliphatic rings. The van der Waals surface area contributed by atoms with E-state index in [1.807, 2.05) is 0 Å². The summed E-state index contributed by atoms with van der Waals surface area (Å²) < 4.78 is 18.4. The molecule has 36 heavy (non-hydrogen) atoms. The van der Waals surface area contributed by atoms with E-state index in [1.165, 1.54) is 63.5 Å². The first-order valence-electron chi connectivity index (χ1n) is 14.7. The molecule has 0 aromatic rings. The van der Waals surface area contributed by atoms with Gasteiger partial charge in [-0.3, -0.25) is 9.59 Å². The summed E-state index contributed by atoms with van der Waals surface area (Å²) in [7, 11) is 0. The minimum Gasteiger partial charge on any atom is -0.462 e. The molecule has 9 atom stereocenters. The molecule has 5 rings (SSSR count). The zero-order valence-electron chi connectivity index (χ0n) is 23.7. The number of hydrogen-bond acceptors (Lipinski definition) is 5. The lowest BCUT2D eigenvalue weighted by Crippen LogP contribution is -2.56. The van der Waals surface area contributed by atoms with E-state index in [9.17, 15) is 9.59 Å². The van der Waals surface area contributed by atoms with Gasteiger partial charge in [0.05, 0.1) is 0 Å². The summed E-state index contributed by atoms with van der Waals surface area (Å²) >= 11 is 0. The van der Waals surface area contributed by atoms with Crippen molar-refractivity contribution in [3.05, 3.63) is 11.1 Å². The van der Waals surface area contributed by atoms with Crippen LogP contribution in [0.1, 0.15) is 113 Å². The van der Waals surface area contributed by atoms with Crippen LogP contribution in [0.3, 0.4) is 0 Å². The van der Waals surface area contributed by atoms with Gasteiger partial charge in [0.25, 0.3) is 0 Å². The summed E-state index contributed by atoms with van der Waals surface area (Å²) in [5.41, 5.74) is 2.75. The van der Waals surface area contributed by atoms with Gasteiger partial charge in [-0.15, -0.1) is 0 Å². The molecule has 1 heterocycles. The second-order valence-electron chi connectivity index (χ2n) is 13.7. The molecule has 0 amide bonds. The van der Waals surface area contributed by atoms with Crippen molar-refractivity contribution in [3.63, 3.8) is 0 Å². The zero-order valence-corrected chi connectivity index (χ0v) is 23.7. The fourth-order valence-corrected chi connectivity index (χ4v) is 9.47. The first-order chi connectivity index (χ1) is 16.9. The predicted molar refractivity (Wildman–Crippen MR) is 139 cm³/mol. The van der Waals surface area contributed by atoms with Gasteiger partial charge in [0.15, 0.2) is 6.10 Å². The number of rotatable bonds is 7. The summed E-state index contributed by atoms with van der Waals surface area (Å²) in [6.45, 7) is 15.1. The summed E-state index contributed by atoms with van der Waals surface area (Å²) in [5.74, 6) is 2.24. The molecule has 0 N–H and O–H groups in total. The van der Waals surface area contributed by atoms with Crippen molar-refractivity contribution < 1.29 is 23.8 Å². The third-order valence-electron chi connectivity index (χ3n) is 11.2.